The van der Waals surface area contributed by atoms with Crippen molar-refractivity contribution in [2.75, 3.05) is 24.6 Å². The number of nitrogens with zero attached hydrogens (tertiary/aromatic N) is 2. The van der Waals surface area contributed by atoms with Crippen LogP contribution in [0, 0.1) is 11.3 Å². The molecular formula is C26H37N3O3S. The highest BCUT2D eigenvalue weighted by Gasteiger charge is 2.28. The van der Waals surface area contributed by atoms with Crippen LogP contribution in [0.15, 0.2) is 41.3 Å². The molecular weight excluding hydrogens is 434 g/mol. The van der Waals surface area contributed by atoms with Crippen LogP contribution in [0.1, 0.15) is 60.5 Å². The van der Waals surface area contributed by atoms with E-state index >= 15 is 0 Å². The number of nitrogens with one attached hydrogen (secondary N) is 1. The predicted octanol–water partition coefficient (Wildman–Crippen LogP) is 5.45. The van der Waals surface area contributed by atoms with Crippen molar-refractivity contribution in [2.45, 2.75) is 66.0 Å². The minimum absolute atomic E-state index is 0.297. The molecule has 0 aliphatic heterocycles. The lowest BCUT2D eigenvalue weighted by atomic mass is 10.0. The zero-order valence-electron chi connectivity index (χ0n) is 20.9. The first-order valence-corrected chi connectivity index (χ1v) is 12.9. The van der Waals surface area contributed by atoms with E-state index in [0.717, 1.165) is 29.5 Å². The van der Waals surface area contributed by atoms with Gasteiger partial charge in [0, 0.05) is 30.9 Å². The molecule has 6 nitrogen and oxygen atoms in total. The molecule has 7 heteroatoms. The van der Waals surface area contributed by atoms with Gasteiger partial charge in [0.2, 0.25) is 0 Å². The zero-order valence-corrected chi connectivity index (χ0v) is 21.7. The fourth-order valence-electron chi connectivity index (χ4n) is 3.53. The number of hydrogen-bond acceptors (Lipinski definition) is 5. The summed E-state index contributed by atoms with van der Waals surface area (Å²) in [5.74, 6) is 0. The molecule has 0 aliphatic carbocycles. The molecule has 0 fully saturated rings. The number of benzene rings is 2. The van der Waals surface area contributed by atoms with Gasteiger partial charge in [-0.2, -0.15) is 5.26 Å². The number of anilines is 1. The Morgan fingerprint density at radius 2 is 1.67 bits per heavy atom. The quantitative estimate of drug-likeness (QED) is 0.466. The van der Waals surface area contributed by atoms with Crippen LogP contribution in [0.3, 0.4) is 0 Å². The first-order chi connectivity index (χ1) is 15.3. The van der Waals surface area contributed by atoms with Crippen molar-refractivity contribution in [1.29, 1.82) is 5.26 Å². The van der Waals surface area contributed by atoms with Crippen molar-refractivity contribution in [3.05, 3.63) is 46.9 Å². The molecule has 0 bridgehead atoms. The molecule has 0 heterocycles. The van der Waals surface area contributed by atoms with E-state index in [2.05, 4.69) is 35.6 Å². The van der Waals surface area contributed by atoms with E-state index < -0.39 is 15.6 Å². The maximum atomic E-state index is 12.9. The monoisotopic (exact) mass is 471 g/mol. The third kappa shape index (κ3) is 7.85. The van der Waals surface area contributed by atoms with Crippen LogP contribution >= 0.6 is 0 Å². The summed E-state index contributed by atoms with van der Waals surface area (Å²) in [7, 11) is -3.98. The van der Waals surface area contributed by atoms with E-state index in [1.54, 1.807) is 13.8 Å². The van der Waals surface area contributed by atoms with E-state index in [9.17, 15) is 13.7 Å². The Hall–Kier alpha value is -2.40. The van der Waals surface area contributed by atoms with E-state index in [-0.39, 0.29) is 10.5 Å². The summed E-state index contributed by atoms with van der Waals surface area (Å²) >= 11 is 0. The third-order valence-electron chi connectivity index (χ3n) is 5.35. The summed E-state index contributed by atoms with van der Waals surface area (Å²) < 4.78 is 34.3. The minimum atomic E-state index is -3.98. The van der Waals surface area contributed by atoms with Gasteiger partial charge in [0.15, 0.2) is 4.91 Å². The molecule has 2 rings (SSSR count). The average Bonchev–Trinajstić information content (AvgIpc) is 2.70. The number of nitriles is 1. The largest absolute Gasteiger partial charge is 0.376 e. The second kappa shape index (κ2) is 10.7. The second-order valence-corrected chi connectivity index (χ2v) is 11.4. The Balaban J connectivity index is 2.25. The smallest absolute Gasteiger partial charge is 0.251 e. The van der Waals surface area contributed by atoms with Crippen LogP contribution in [0.2, 0.25) is 0 Å². The Morgan fingerprint density at radius 3 is 2.24 bits per heavy atom. The van der Waals surface area contributed by atoms with Gasteiger partial charge in [-0.3, -0.25) is 0 Å². The fraction of sp³-hybridized carbons (Fsp3) is 0.500. The van der Waals surface area contributed by atoms with Crippen LogP contribution in [0.5, 0.6) is 0 Å². The molecule has 0 saturated carbocycles. The Bertz CT molecular complexity index is 1140. The second-order valence-electron chi connectivity index (χ2n) is 9.78. The van der Waals surface area contributed by atoms with Gasteiger partial charge in [0.1, 0.15) is 6.07 Å². The topological polar surface area (TPSA) is 82.4 Å². The van der Waals surface area contributed by atoms with Crippen molar-refractivity contribution in [2.24, 2.45) is 0 Å². The molecule has 180 valence electrons. The highest BCUT2D eigenvalue weighted by Crippen LogP contribution is 2.25. The standard InChI is InChI=1S/C26H37N3O3S/c1-8-29(9-2)23-13-12-21-16-20(10-11-22(21)18-23)17-24(19-27)33(30,31)28-26(6,7)14-15-32-25(3,4)5/h10-13,16-18,28H,8-9,14-15H2,1-7H3. The predicted molar refractivity (Wildman–Crippen MR) is 138 cm³/mol. The number of hydrogen-bond donors (Lipinski definition) is 1. The molecule has 0 spiro atoms. The molecule has 0 amide bonds. The number of ether oxygens (including phenoxy) is 1. The van der Waals surface area contributed by atoms with Crippen molar-refractivity contribution < 1.29 is 13.2 Å². The van der Waals surface area contributed by atoms with E-state index in [1.807, 2.05) is 51.1 Å². The van der Waals surface area contributed by atoms with Crippen LogP contribution in [-0.2, 0) is 14.8 Å². The molecule has 0 aliphatic rings. The highest BCUT2D eigenvalue weighted by atomic mass is 32.2. The summed E-state index contributed by atoms with van der Waals surface area (Å²) in [5, 5.41) is 11.7. The van der Waals surface area contributed by atoms with E-state index in [1.165, 1.54) is 6.08 Å². The summed E-state index contributed by atoms with van der Waals surface area (Å²) in [6.07, 6.45) is 1.90. The summed E-state index contributed by atoms with van der Waals surface area (Å²) in [4.78, 5) is 1.96. The fourth-order valence-corrected chi connectivity index (χ4v) is 4.88. The average molecular weight is 472 g/mol. The van der Waals surface area contributed by atoms with Crippen LogP contribution < -0.4 is 9.62 Å². The first kappa shape index (κ1) is 26.8. The molecule has 1 N–H and O–H groups in total. The number of fused-ring (bicyclic) bond motifs is 1. The van der Waals surface area contributed by atoms with Gasteiger partial charge in [0.25, 0.3) is 10.0 Å². The summed E-state index contributed by atoms with van der Waals surface area (Å²) in [5.41, 5.74) is 0.755. The first-order valence-electron chi connectivity index (χ1n) is 11.4. The van der Waals surface area contributed by atoms with Crippen LogP contribution in [-0.4, -0.2) is 39.3 Å². The lowest BCUT2D eigenvalue weighted by Crippen LogP contribution is -2.44. The maximum Gasteiger partial charge on any atom is 0.251 e. The molecule has 2 aromatic carbocycles. The third-order valence-corrected chi connectivity index (χ3v) is 6.96. The molecule has 0 unspecified atom stereocenters. The highest BCUT2D eigenvalue weighted by molar-refractivity contribution is 7.93. The van der Waals surface area contributed by atoms with Crippen molar-refractivity contribution in [1.82, 2.24) is 4.72 Å². The maximum absolute atomic E-state index is 12.9. The number of sulfonamides is 1. The minimum Gasteiger partial charge on any atom is -0.376 e. The molecule has 0 atom stereocenters. The van der Waals surface area contributed by atoms with Crippen molar-refractivity contribution >= 4 is 32.6 Å². The number of rotatable bonds is 10. The lowest BCUT2D eigenvalue weighted by Gasteiger charge is -2.28. The summed E-state index contributed by atoms with van der Waals surface area (Å²) in [6, 6.07) is 13.8. The number of allylic oxidation sites excluding steroid dienone is 1. The SMILES string of the molecule is CCN(CC)c1ccc2cc(C=C(C#N)S(=O)(=O)NC(C)(C)CCOC(C)(C)C)ccc2c1. The molecule has 0 saturated heterocycles. The van der Waals surface area contributed by atoms with Gasteiger partial charge in [-0.05, 0) is 95.5 Å². The lowest BCUT2D eigenvalue weighted by molar-refractivity contribution is -0.0102. The van der Waals surface area contributed by atoms with Gasteiger partial charge in [-0.25, -0.2) is 13.1 Å². The Labute approximate surface area is 199 Å². The zero-order chi connectivity index (χ0) is 24.9. The van der Waals surface area contributed by atoms with Gasteiger partial charge < -0.3 is 9.64 Å². The van der Waals surface area contributed by atoms with Gasteiger partial charge >= 0.3 is 0 Å². The van der Waals surface area contributed by atoms with Gasteiger partial charge in [0.05, 0.1) is 5.60 Å². The van der Waals surface area contributed by atoms with E-state index in [4.69, 9.17) is 4.74 Å². The molecule has 0 radical (unpaired) electrons. The summed E-state index contributed by atoms with van der Waals surface area (Å²) in [6.45, 7) is 15.9. The normalized spacial score (nSPS) is 13.2. The van der Waals surface area contributed by atoms with Crippen molar-refractivity contribution in [3.63, 3.8) is 0 Å². The molecule has 0 aromatic heterocycles. The molecule has 2 aromatic rings. The Morgan fingerprint density at radius 1 is 1.06 bits per heavy atom. The molecule has 33 heavy (non-hydrogen) atoms. The van der Waals surface area contributed by atoms with Crippen LogP contribution in [0.4, 0.5) is 5.69 Å². The Kier molecular flexibility index (Phi) is 8.69. The van der Waals surface area contributed by atoms with E-state index in [0.29, 0.717) is 18.6 Å². The van der Waals surface area contributed by atoms with Crippen LogP contribution in [0.25, 0.3) is 16.8 Å². The van der Waals surface area contributed by atoms with Crippen molar-refractivity contribution in [3.8, 4) is 6.07 Å². The van der Waals surface area contributed by atoms with Gasteiger partial charge in [-0.15, -0.1) is 0 Å². The van der Waals surface area contributed by atoms with Gasteiger partial charge in [-0.1, -0.05) is 18.2 Å².